The van der Waals surface area contributed by atoms with Crippen molar-refractivity contribution < 1.29 is 31.1 Å². The zero-order valence-corrected chi connectivity index (χ0v) is 21.2. The molecule has 38 heavy (non-hydrogen) atoms. The Labute approximate surface area is 214 Å². The average molecular weight is 550 g/mol. The number of amides is 1. The molecule has 0 aliphatic carbocycles. The molecular weight excluding hydrogens is 527 g/mol. The third kappa shape index (κ3) is 4.98. The zero-order chi connectivity index (χ0) is 28.0. The van der Waals surface area contributed by atoms with Crippen LogP contribution >= 0.6 is 0 Å². The molecule has 0 saturated heterocycles. The SMILES string of the molecule is CCS(=O)(=O)c1cc(-c2ccc(OC(C)(C)C(N)=O)cc2)cnc1-n1nc2ccc(C(F)(F)F)cn2c1=O. The average Bonchev–Trinajstić information content (AvgIpc) is 3.19. The van der Waals surface area contributed by atoms with Crippen LogP contribution in [-0.2, 0) is 20.8 Å². The van der Waals surface area contributed by atoms with E-state index in [1.165, 1.54) is 33.0 Å². The van der Waals surface area contributed by atoms with Crippen molar-refractivity contribution in [2.45, 2.75) is 37.4 Å². The molecule has 200 valence electrons. The summed E-state index contributed by atoms with van der Waals surface area (Å²) in [6.07, 6.45) is -2.79. The molecule has 0 fully saturated rings. The van der Waals surface area contributed by atoms with Crippen LogP contribution in [0.5, 0.6) is 5.75 Å². The van der Waals surface area contributed by atoms with E-state index in [9.17, 15) is 31.2 Å². The molecule has 0 bridgehead atoms. The number of nitrogens with zero attached hydrogens (tertiary/aromatic N) is 4. The van der Waals surface area contributed by atoms with E-state index in [1.807, 2.05) is 0 Å². The second-order valence-electron chi connectivity index (χ2n) is 8.79. The number of sulfone groups is 1. The van der Waals surface area contributed by atoms with Gasteiger partial charge in [0.15, 0.2) is 26.9 Å². The van der Waals surface area contributed by atoms with E-state index in [2.05, 4.69) is 10.1 Å². The molecular formula is C24H22F3N5O5S. The van der Waals surface area contributed by atoms with Crippen LogP contribution in [0.2, 0.25) is 0 Å². The Morgan fingerprint density at radius 1 is 1.08 bits per heavy atom. The Morgan fingerprint density at radius 2 is 1.74 bits per heavy atom. The van der Waals surface area contributed by atoms with Gasteiger partial charge < -0.3 is 10.5 Å². The molecule has 0 unspecified atom stereocenters. The van der Waals surface area contributed by atoms with Gasteiger partial charge in [0.1, 0.15) is 10.6 Å². The fraction of sp³-hybridized carbons (Fsp3) is 0.250. The van der Waals surface area contributed by atoms with Gasteiger partial charge in [0.2, 0.25) is 0 Å². The Kier molecular flexibility index (Phi) is 6.55. The van der Waals surface area contributed by atoms with Crippen LogP contribution in [0.3, 0.4) is 0 Å². The topological polar surface area (TPSA) is 139 Å². The number of hydrogen-bond acceptors (Lipinski definition) is 7. The van der Waals surface area contributed by atoms with Crippen molar-refractivity contribution in [1.82, 2.24) is 19.2 Å². The number of fused-ring (bicyclic) bond motifs is 1. The number of carbonyl (C=O) groups excluding carboxylic acids is 1. The number of hydrogen-bond donors (Lipinski definition) is 1. The lowest BCUT2D eigenvalue weighted by atomic mass is 10.1. The molecule has 10 nitrogen and oxygen atoms in total. The molecule has 0 atom stereocenters. The van der Waals surface area contributed by atoms with Gasteiger partial charge in [0.25, 0.3) is 5.91 Å². The number of halogens is 3. The van der Waals surface area contributed by atoms with Gasteiger partial charge in [-0.15, -0.1) is 5.10 Å². The Hall–Kier alpha value is -4.20. The normalized spacial score (nSPS) is 12.6. The Morgan fingerprint density at radius 3 is 2.32 bits per heavy atom. The predicted octanol–water partition coefficient (Wildman–Crippen LogP) is 3.00. The lowest BCUT2D eigenvalue weighted by Crippen LogP contribution is -2.43. The summed E-state index contributed by atoms with van der Waals surface area (Å²) in [5.41, 5.74) is 2.78. The van der Waals surface area contributed by atoms with Crippen molar-refractivity contribution in [3.05, 3.63) is 70.9 Å². The number of benzene rings is 1. The highest BCUT2D eigenvalue weighted by atomic mass is 32.2. The van der Waals surface area contributed by atoms with Gasteiger partial charge in [0, 0.05) is 18.0 Å². The maximum absolute atomic E-state index is 13.1. The quantitative estimate of drug-likeness (QED) is 0.374. The summed E-state index contributed by atoms with van der Waals surface area (Å²) < 4.78 is 72.2. The molecule has 4 rings (SSSR count). The first-order chi connectivity index (χ1) is 17.6. The fourth-order valence-corrected chi connectivity index (χ4v) is 4.51. The van der Waals surface area contributed by atoms with Crippen LogP contribution in [0.1, 0.15) is 26.3 Å². The van der Waals surface area contributed by atoms with Crippen LogP contribution in [-0.4, -0.2) is 44.8 Å². The zero-order valence-electron chi connectivity index (χ0n) is 20.4. The number of aromatic nitrogens is 4. The first-order valence-corrected chi connectivity index (χ1v) is 12.8. The summed E-state index contributed by atoms with van der Waals surface area (Å²) in [5.74, 6) is -0.993. The van der Waals surface area contributed by atoms with Crippen molar-refractivity contribution in [2.24, 2.45) is 5.73 Å². The van der Waals surface area contributed by atoms with Gasteiger partial charge in [-0.3, -0.25) is 4.79 Å². The molecule has 0 saturated carbocycles. The highest BCUT2D eigenvalue weighted by Gasteiger charge is 2.32. The van der Waals surface area contributed by atoms with Crippen LogP contribution < -0.4 is 16.2 Å². The lowest BCUT2D eigenvalue weighted by molar-refractivity contribution is -0.137. The van der Waals surface area contributed by atoms with E-state index >= 15 is 0 Å². The van der Waals surface area contributed by atoms with E-state index in [0.29, 0.717) is 32.2 Å². The number of primary amides is 1. The fourth-order valence-electron chi connectivity index (χ4n) is 3.48. The van der Waals surface area contributed by atoms with E-state index < -0.39 is 38.8 Å². The third-order valence-corrected chi connectivity index (χ3v) is 7.48. The largest absolute Gasteiger partial charge is 0.478 e. The first-order valence-electron chi connectivity index (χ1n) is 11.2. The second kappa shape index (κ2) is 9.28. The maximum atomic E-state index is 13.1. The summed E-state index contributed by atoms with van der Waals surface area (Å²) >= 11 is 0. The second-order valence-corrected chi connectivity index (χ2v) is 11.0. The number of rotatable bonds is 7. The van der Waals surface area contributed by atoms with Gasteiger partial charge in [-0.2, -0.15) is 17.9 Å². The first kappa shape index (κ1) is 26.9. The number of carbonyl (C=O) groups is 1. The summed E-state index contributed by atoms with van der Waals surface area (Å²) in [6.45, 7) is 4.43. The van der Waals surface area contributed by atoms with E-state index in [0.717, 1.165) is 12.1 Å². The molecule has 3 heterocycles. The molecule has 4 aromatic rings. The minimum absolute atomic E-state index is 0.122. The molecule has 1 amide bonds. The molecule has 3 aromatic heterocycles. The molecule has 0 radical (unpaired) electrons. The molecule has 0 aliphatic rings. The van der Waals surface area contributed by atoms with E-state index in [4.69, 9.17) is 10.5 Å². The highest BCUT2D eigenvalue weighted by Crippen LogP contribution is 2.30. The standard InChI is InChI=1S/C24H22F3N5O5S/c1-4-38(35,36)18-11-15(14-5-8-17(9-6-14)37-23(2,3)21(28)33)12-29-20(18)32-22(34)31-13-16(24(25,26)27)7-10-19(31)30-32/h5-13H,4H2,1-3H3,(H2,28,33). The van der Waals surface area contributed by atoms with Crippen molar-refractivity contribution in [2.75, 3.05) is 5.75 Å². The summed E-state index contributed by atoms with van der Waals surface area (Å²) in [6, 6.07) is 9.43. The Bertz CT molecular complexity index is 1710. The van der Waals surface area contributed by atoms with E-state index in [-0.39, 0.29) is 22.1 Å². The van der Waals surface area contributed by atoms with Crippen molar-refractivity contribution in [3.63, 3.8) is 0 Å². The van der Waals surface area contributed by atoms with Gasteiger partial charge in [-0.1, -0.05) is 19.1 Å². The van der Waals surface area contributed by atoms with Crippen LogP contribution in [0.25, 0.3) is 22.6 Å². The number of nitrogens with two attached hydrogens (primary N) is 1. The molecule has 1 aromatic carbocycles. The van der Waals surface area contributed by atoms with E-state index in [1.54, 1.807) is 24.3 Å². The molecule has 2 N–H and O–H groups in total. The Balaban J connectivity index is 1.81. The van der Waals surface area contributed by atoms with Crippen molar-refractivity contribution >= 4 is 21.4 Å². The summed E-state index contributed by atoms with van der Waals surface area (Å²) in [5, 5.41) is 3.99. The lowest BCUT2D eigenvalue weighted by Gasteiger charge is -2.22. The van der Waals surface area contributed by atoms with Crippen LogP contribution in [0.4, 0.5) is 13.2 Å². The minimum atomic E-state index is -4.69. The van der Waals surface area contributed by atoms with Gasteiger partial charge >= 0.3 is 11.9 Å². The highest BCUT2D eigenvalue weighted by molar-refractivity contribution is 7.91. The van der Waals surface area contributed by atoms with Gasteiger partial charge in [-0.05, 0) is 49.7 Å². The van der Waals surface area contributed by atoms with Crippen LogP contribution in [0.15, 0.2) is 64.5 Å². The number of alkyl halides is 3. The summed E-state index contributed by atoms with van der Waals surface area (Å²) in [4.78, 5) is 28.3. The number of pyridine rings is 2. The number of ether oxygens (including phenoxy) is 1. The third-order valence-electron chi connectivity index (χ3n) is 5.75. The maximum Gasteiger partial charge on any atom is 0.417 e. The van der Waals surface area contributed by atoms with Crippen molar-refractivity contribution in [3.8, 4) is 22.7 Å². The van der Waals surface area contributed by atoms with Gasteiger partial charge in [-0.25, -0.2) is 22.6 Å². The van der Waals surface area contributed by atoms with Crippen molar-refractivity contribution in [1.29, 1.82) is 0 Å². The molecule has 0 aliphatic heterocycles. The monoisotopic (exact) mass is 549 g/mol. The predicted molar refractivity (Wildman–Crippen MR) is 131 cm³/mol. The minimum Gasteiger partial charge on any atom is -0.478 e. The van der Waals surface area contributed by atoms with Gasteiger partial charge in [0.05, 0.1) is 11.3 Å². The summed E-state index contributed by atoms with van der Waals surface area (Å²) in [7, 11) is -3.96. The van der Waals surface area contributed by atoms with Crippen LogP contribution in [0, 0.1) is 0 Å². The molecule has 0 spiro atoms. The molecule has 14 heteroatoms. The smallest absolute Gasteiger partial charge is 0.417 e.